The van der Waals surface area contributed by atoms with Gasteiger partial charge in [0.15, 0.2) is 0 Å². The van der Waals surface area contributed by atoms with Crippen LogP contribution in [0.5, 0.6) is 0 Å². The molecule has 1 spiro atoms. The summed E-state index contributed by atoms with van der Waals surface area (Å²) in [5, 5.41) is 0. The molecule has 0 bridgehead atoms. The molecule has 5 aliphatic rings. The predicted molar refractivity (Wildman–Crippen MR) is 466 cm³/mol. The van der Waals surface area contributed by atoms with Crippen LogP contribution in [-0.4, -0.2) is 0 Å². The summed E-state index contributed by atoms with van der Waals surface area (Å²) in [4.78, 5) is 5.12. The van der Waals surface area contributed by atoms with Crippen LogP contribution in [0.1, 0.15) is 106 Å². The molecule has 530 valence electrons. The van der Waals surface area contributed by atoms with Crippen LogP contribution in [0.2, 0.25) is 0 Å². The van der Waals surface area contributed by atoms with Crippen LogP contribution in [0.3, 0.4) is 0 Å². The molecule has 111 heavy (non-hydrogen) atoms. The molecular weight excluding hydrogens is 1340 g/mol. The van der Waals surface area contributed by atoms with Crippen molar-refractivity contribution in [3.8, 4) is 55.6 Å². The molecule has 15 aromatic rings. The Morgan fingerprint density at radius 1 is 0.288 bits per heavy atom. The molecule has 15 aromatic carbocycles. The SMILES string of the molecule is C=Cc1ccc(CC2(c3ccc(C)cc3C)c3ccccc3-c3ccc(N(c4ccc(-c5ccccc5)cc4)c4ccc5c(c4)C4(c6ccccc6-5)c5cc(N(c6ccc(-c7ccccc7)cc6)c6ccc7c(c6)C(Cc6ccc(C=C)cc6)(c6ccc(C)cc6C)c6ccccc6-7)ccc5C5C=CC=CC54)cc32)cc1. The summed E-state index contributed by atoms with van der Waals surface area (Å²) in [6.45, 7) is 17.4. The van der Waals surface area contributed by atoms with Gasteiger partial charge in [-0.05, 0) is 258 Å². The minimum absolute atomic E-state index is 0.0532. The summed E-state index contributed by atoms with van der Waals surface area (Å²) in [6.07, 6.45) is 15.1. The molecule has 0 fully saturated rings. The van der Waals surface area contributed by atoms with E-state index in [1.807, 2.05) is 12.2 Å². The van der Waals surface area contributed by atoms with Crippen molar-refractivity contribution < 1.29 is 0 Å². The molecule has 2 heteroatoms. The van der Waals surface area contributed by atoms with Crippen LogP contribution < -0.4 is 9.80 Å². The molecule has 0 radical (unpaired) electrons. The van der Waals surface area contributed by atoms with Gasteiger partial charge in [0.2, 0.25) is 0 Å². The average Bonchev–Trinajstić information content (AvgIpc) is 1.51. The maximum atomic E-state index is 4.15. The standard InChI is InChI=1S/C109H84N2/c1-7-75-37-41-77(42-38-75)69-107(97-61-35-71(3)63-73(97)5)99-31-19-15-27-89(99)93-57-53-85(65-103(93)107)110(83-49-45-81(46-50-83)79-23-11-9-12-24-79)87-55-59-95-91-29-17-21-33-101(91)109(105(95)67-87)102-34-22-18-30-92(102)96-60-56-88(68-106(96)109)111(84-51-47-82(48-52-84)80-25-13-10-14-26-80)86-54-58-94-90-28-16-20-32-100(90)108(104(94)66-86,98-62-36-72(4)64-74(98)6)70-78-43-39-76(8-2)40-44-78/h7-68,91,101H,1-2,69-70H2,3-6H3. The lowest BCUT2D eigenvalue weighted by Crippen LogP contribution is -2.33. The van der Waals surface area contributed by atoms with Crippen LogP contribution in [0.15, 0.2) is 377 Å². The van der Waals surface area contributed by atoms with E-state index in [2.05, 4.69) is 415 Å². The first-order valence-electron chi connectivity index (χ1n) is 39.2. The van der Waals surface area contributed by atoms with E-state index in [0.717, 1.165) is 58.1 Å². The van der Waals surface area contributed by atoms with E-state index < -0.39 is 16.2 Å². The van der Waals surface area contributed by atoms with Crippen LogP contribution in [0.25, 0.3) is 67.8 Å². The number of hydrogen-bond donors (Lipinski definition) is 0. The minimum atomic E-state index is -0.622. The van der Waals surface area contributed by atoms with Crippen LogP contribution in [-0.2, 0) is 29.1 Å². The van der Waals surface area contributed by atoms with Crippen LogP contribution >= 0.6 is 0 Å². The number of fused-ring (bicyclic) bond motifs is 16. The summed E-state index contributed by atoms with van der Waals surface area (Å²) >= 11 is 0. The molecule has 0 N–H and O–H groups in total. The van der Waals surface area contributed by atoms with Gasteiger partial charge in [0, 0.05) is 46.0 Å². The fourth-order valence-electron chi connectivity index (χ4n) is 20.5. The zero-order chi connectivity index (χ0) is 74.7. The quantitative estimate of drug-likeness (QED) is 0.0951. The Balaban J connectivity index is 0.803. The smallest absolute Gasteiger partial charge is 0.0539 e. The summed E-state index contributed by atoms with van der Waals surface area (Å²) < 4.78 is 0. The first-order valence-corrected chi connectivity index (χ1v) is 39.2. The topological polar surface area (TPSA) is 6.48 Å². The highest BCUT2D eigenvalue weighted by molar-refractivity contribution is 5.94. The first kappa shape index (κ1) is 67.2. The van der Waals surface area contributed by atoms with Gasteiger partial charge in [-0.1, -0.05) is 328 Å². The Morgan fingerprint density at radius 3 is 1.10 bits per heavy atom. The lowest BCUT2D eigenvalue weighted by atomic mass is 9.65. The molecule has 0 aliphatic heterocycles. The summed E-state index contributed by atoms with van der Waals surface area (Å²) in [5.74, 6) is 0.154. The number of rotatable bonds is 16. The molecule has 0 aromatic heterocycles. The van der Waals surface area contributed by atoms with Crippen LogP contribution in [0, 0.1) is 33.6 Å². The van der Waals surface area contributed by atoms with Gasteiger partial charge in [-0.3, -0.25) is 0 Å². The van der Waals surface area contributed by atoms with Crippen molar-refractivity contribution in [1.29, 1.82) is 0 Å². The lowest BCUT2D eigenvalue weighted by molar-refractivity contribution is 0.465. The Morgan fingerprint density at radius 2 is 0.649 bits per heavy atom. The van der Waals surface area contributed by atoms with E-state index >= 15 is 0 Å². The third-order valence-corrected chi connectivity index (χ3v) is 25.4. The number of anilines is 6. The molecule has 20 rings (SSSR count). The number of nitrogens with zero attached hydrogens (tertiary/aromatic N) is 2. The average molecular weight is 1420 g/mol. The van der Waals surface area contributed by atoms with Crippen molar-refractivity contribution in [2.75, 3.05) is 9.80 Å². The Bertz CT molecular complexity index is 6290. The highest BCUT2D eigenvalue weighted by Crippen LogP contribution is 2.67. The molecule has 0 saturated carbocycles. The van der Waals surface area contributed by atoms with Gasteiger partial charge in [-0.15, -0.1) is 0 Å². The molecule has 0 amide bonds. The highest BCUT2D eigenvalue weighted by Gasteiger charge is 2.58. The lowest BCUT2D eigenvalue weighted by Gasteiger charge is -2.38. The van der Waals surface area contributed by atoms with Gasteiger partial charge in [0.05, 0.1) is 16.2 Å². The largest absolute Gasteiger partial charge is 0.310 e. The summed E-state index contributed by atoms with van der Waals surface area (Å²) in [6, 6.07) is 130. The Labute approximate surface area is 653 Å². The van der Waals surface area contributed by atoms with Gasteiger partial charge < -0.3 is 9.80 Å². The number of benzene rings is 15. The molecule has 5 aliphatic carbocycles. The second kappa shape index (κ2) is 26.6. The monoisotopic (exact) mass is 1420 g/mol. The van der Waals surface area contributed by atoms with E-state index in [1.165, 1.54) is 145 Å². The van der Waals surface area contributed by atoms with Crippen LogP contribution in [0.4, 0.5) is 34.1 Å². The molecule has 5 atom stereocenters. The van der Waals surface area contributed by atoms with E-state index in [9.17, 15) is 0 Å². The van der Waals surface area contributed by atoms with Crippen molar-refractivity contribution >= 4 is 46.3 Å². The maximum absolute atomic E-state index is 4.15. The fourth-order valence-corrected chi connectivity index (χ4v) is 20.5. The molecule has 0 saturated heterocycles. The van der Waals surface area contributed by atoms with Gasteiger partial charge >= 0.3 is 0 Å². The molecular formula is C109H84N2. The second-order valence-electron chi connectivity index (χ2n) is 31.4. The van der Waals surface area contributed by atoms with Gasteiger partial charge in [-0.25, -0.2) is 0 Å². The summed E-state index contributed by atoms with van der Waals surface area (Å²) in [7, 11) is 0. The molecule has 5 unspecified atom stereocenters. The second-order valence-corrected chi connectivity index (χ2v) is 31.4. The van der Waals surface area contributed by atoms with Crippen molar-refractivity contribution in [3.05, 3.63) is 477 Å². The minimum Gasteiger partial charge on any atom is -0.310 e. The summed E-state index contributed by atoms with van der Waals surface area (Å²) in [5.41, 5.74) is 40.3. The van der Waals surface area contributed by atoms with Gasteiger partial charge in [0.25, 0.3) is 0 Å². The van der Waals surface area contributed by atoms with E-state index in [-0.39, 0.29) is 11.8 Å². The normalized spacial score (nSPS) is 18.1. The van der Waals surface area contributed by atoms with Crippen molar-refractivity contribution in [1.82, 2.24) is 0 Å². The van der Waals surface area contributed by atoms with Crippen molar-refractivity contribution in [2.45, 2.75) is 62.7 Å². The third kappa shape index (κ3) is 10.6. The first-order chi connectivity index (χ1) is 54.5. The zero-order valence-electron chi connectivity index (χ0n) is 63.2. The molecule has 0 heterocycles. The number of hydrogen-bond acceptors (Lipinski definition) is 2. The van der Waals surface area contributed by atoms with E-state index in [1.54, 1.807) is 0 Å². The van der Waals surface area contributed by atoms with Gasteiger partial charge in [0.1, 0.15) is 0 Å². The highest BCUT2D eigenvalue weighted by atomic mass is 15.1. The maximum Gasteiger partial charge on any atom is 0.0539 e. The van der Waals surface area contributed by atoms with E-state index in [0.29, 0.717) is 0 Å². The number of allylic oxidation sites excluding steroid dienone is 4. The Kier molecular flexibility index (Phi) is 16.1. The van der Waals surface area contributed by atoms with Gasteiger partial charge in [-0.2, -0.15) is 0 Å². The predicted octanol–water partition coefficient (Wildman–Crippen LogP) is 27.7. The fraction of sp³-hybridized carbons (Fsp3) is 0.101. The van der Waals surface area contributed by atoms with Crippen molar-refractivity contribution in [3.63, 3.8) is 0 Å². The van der Waals surface area contributed by atoms with Crippen molar-refractivity contribution in [2.24, 2.45) is 5.92 Å². The van der Waals surface area contributed by atoms with E-state index in [4.69, 9.17) is 0 Å². The zero-order valence-corrected chi connectivity index (χ0v) is 63.2. The number of aryl methyl sites for hydroxylation is 4. The third-order valence-electron chi connectivity index (χ3n) is 25.4. The Hall–Kier alpha value is -13.1. The molecule has 2 nitrogen and oxygen atoms in total.